The van der Waals surface area contributed by atoms with Crippen molar-refractivity contribution < 1.29 is 0 Å². The zero-order valence-electron chi connectivity index (χ0n) is 10.0. The van der Waals surface area contributed by atoms with Crippen molar-refractivity contribution in [2.24, 2.45) is 0 Å². The van der Waals surface area contributed by atoms with Crippen molar-refractivity contribution in [2.45, 2.75) is 33.6 Å². The third-order valence-corrected chi connectivity index (χ3v) is 2.47. The Labute approximate surface area is 93.3 Å². The average Bonchev–Trinajstić information content (AvgIpc) is 2.18. The Bertz CT molecular complexity index is 369. The third-order valence-electron chi connectivity index (χ3n) is 2.47. The summed E-state index contributed by atoms with van der Waals surface area (Å²) in [4.78, 5) is 0. The van der Waals surface area contributed by atoms with Crippen LogP contribution in [0.5, 0.6) is 0 Å². The lowest BCUT2D eigenvalue weighted by Crippen LogP contribution is -1.85. The first kappa shape index (κ1) is 11.8. The number of benzene rings is 1. The van der Waals surface area contributed by atoms with Crippen LogP contribution in [0.3, 0.4) is 0 Å². The highest BCUT2D eigenvalue weighted by atomic mass is 14.0. The molecular formula is C15H20. The van der Waals surface area contributed by atoms with E-state index in [1.54, 1.807) is 0 Å². The molecule has 0 fully saturated rings. The molecule has 0 nitrogen and oxygen atoms in total. The standard InChI is InChI=1S/C15H20/c1-5-8-13(4)11-14-9-6-7-10-15(14)12(2)3/h6-7,9-11H,2,5,8H2,1,3-4H3/b13-11+. The monoisotopic (exact) mass is 200 g/mol. The molecule has 0 saturated carbocycles. The molecule has 0 heterocycles. The number of allylic oxidation sites excluding steroid dienone is 2. The minimum atomic E-state index is 1.13. The quantitative estimate of drug-likeness (QED) is 0.647. The molecule has 0 heteroatoms. The average molecular weight is 200 g/mol. The number of rotatable bonds is 4. The van der Waals surface area contributed by atoms with E-state index in [0.29, 0.717) is 0 Å². The SMILES string of the molecule is C=C(C)c1ccccc1/C=C(\C)CCC. The fraction of sp³-hybridized carbons (Fsp3) is 0.333. The fourth-order valence-electron chi connectivity index (χ4n) is 1.74. The molecule has 1 aromatic carbocycles. The summed E-state index contributed by atoms with van der Waals surface area (Å²) in [5, 5.41) is 0. The lowest BCUT2D eigenvalue weighted by molar-refractivity contribution is 0.911. The van der Waals surface area contributed by atoms with E-state index >= 15 is 0 Å². The van der Waals surface area contributed by atoms with Gasteiger partial charge >= 0.3 is 0 Å². The summed E-state index contributed by atoms with van der Waals surface area (Å²) < 4.78 is 0. The van der Waals surface area contributed by atoms with Gasteiger partial charge in [-0.3, -0.25) is 0 Å². The van der Waals surface area contributed by atoms with Gasteiger partial charge in [-0.2, -0.15) is 0 Å². The zero-order valence-corrected chi connectivity index (χ0v) is 10.0. The molecule has 0 atom stereocenters. The minimum absolute atomic E-state index is 1.13. The van der Waals surface area contributed by atoms with Gasteiger partial charge in [-0.1, -0.05) is 61.4 Å². The van der Waals surface area contributed by atoms with Gasteiger partial charge in [-0.05, 0) is 31.4 Å². The van der Waals surface area contributed by atoms with Crippen LogP contribution in [0.25, 0.3) is 11.6 Å². The molecule has 0 aromatic heterocycles. The maximum atomic E-state index is 4.01. The van der Waals surface area contributed by atoms with Crippen molar-refractivity contribution in [3.05, 3.63) is 47.5 Å². The summed E-state index contributed by atoms with van der Waals surface area (Å²) in [7, 11) is 0. The Kier molecular flexibility index (Phi) is 4.36. The third kappa shape index (κ3) is 3.39. The molecule has 1 rings (SSSR count). The predicted octanol–water partition coefficient (Wildman–Crippen LogP) is 4.92. The lowest BCUT2D eigenvalue weighted by atomic mass is 9.99. The van der Waals surface area contributed by atoms with Crippen LogP contribution in [0.2, 0.25) is 0 Å². The molecule has 1 aromatic rings. The van der Waals surface area contributed by atoms with Crippen molar-refractivity contribution in [3.8, 4) is 0 Å². The molecule has 0 aliphatic heterocycles. The Morgan fingerprint density at radius 2 is 1.93 bits per heavy atom. The van der Waals surface area contributed by atoms with Crippen LogP contribution in [-0.4, -0.2) is 0 Å². The van der Waals surface area contributed by atoms with Crippen molar-refractivity contribution >= 4 is 11.6 Å². The largest absolute Gasteiger partial charge is 0.0955 e. The molecule has 0 N–H and O–H groups in total. The van der Waals surface area contributed by atoms with Crippen LogP contribution in [0.4, 0.5) is 0 Å². The molecule has 80 valence electrons. The molecule has 0 saturated heterocycles. The Morgan fingerprint density at radius 1 is 1.27 bits per heavy atom. The van der Waals surface area contributed by atoms with Crippen LogP contribution in [0.15, 0.2) is 36.4 Å². The number of hydrogen-bond acceptors (Lipinski definition) is 0. The highest BCUT2D eigenvalue weighted by molar-refractivity contribution is 5.72. The van der Waals surface area contributed by atoms with Gasteiger partial charge < -0.3 is 0 Å². The van der Waals surface area contributed by atoms with Gasteiger partial charge in [0.25, 0.3) is 0 Å². The fourth-order valence-corrected chi connectivity index (χ4v) is 1.74. The summed E-state index contributed by atoms with van der Waals surface area (Å²) >= 11 is 0. The normalized spacial score (nSPS) is 11.5. The lowest BCUT2D eigenvalue weighted by Gasteiger charge is -2.06. The van der Waals surface area contributed by atoms with Crippen molar-refractivity contribution in [1.82, 2.24) is 0 Å². The molecule has 0 unspecified atom stereocenters. The second kappa shape index (κ2) is 5.55. The maximum Gasteiger partial charge on any atom is -0.0161 e. The Balaban J connectivity index is 3.03. The predicted molar refractivity (Wildman–Crippen MR) is 69.7 cm³/mol. The second-order valence-electron chi connectivity index (χ2n) is 4.11. The summed E-state index contributed by atoms with van der Waals surface area (Å²) in [6.45, 7) is 10.5. The highest BCUT2D eigenvalue weighted by Crippen LogP contribution is 2.20. The van der Waals surface area contributed by atoms with E-state index in [1.807, 2.05) is 0 Å². The Morgan fingerprint density at radius 3 is 2.53 bits per heavy atom. The second-order valence-corrected chi connectivity index (χ2v) is 4.11. The van der Waals surface area contributed by atoms with Crippen LogP contribution < -0.4 is 0 Å². The van der Waals surface area contributed by atoms with Gasteiger partial charge in [0.2, 0.25) is 0 Å². The van der Waals surface area contributed by atoms with Gasteiger partial charge in [-0.15, -0.1) is 0 Å². The van der Waals surface area contributed by atoms with E-state index < -0.39 is 0 Å². The van der Waals surface area contributed by atoms with Crippen LogP contribution in [0, 0.1) is 0 Å². The molecule has 0 radical (unpaired) electrons. The van der Waals surface area contributed by atoms with Crippen LogP contribution in [-0.2, 0) is 0 Å². The smallest absolute Gasteiger partial charge is 0.0161 e. The first-order valence-electron chi connectivity index (χ1n) is 5.57. The first-order chi connectivity index (χ1) is 7.15. The molecule has 0 amide bonds. The van der Waals surface area contributed by atoms with E-state index in [9.17, 15) is 0 Å². The van der Waals surface area contributed by atoms with E-state index in [1.165, 1.54) is 29.5 Å². The molecule has 0 aliphatic carbocycles. The van der Waals surface area contributed by atoms with Gasteiger partial charge in [0.15, 0.2) is 0 Å². The van der Waals surface area contributed by atoms with E-state index in [4.69, 9.17) is 0 Å². The van der Waals surface area contributed by atoms with Gasteiger partial charge in [-0.25, -0.2) is 0 Å². The van der Waals surface area contributed by atoms with Crippen molar-refractivity contribution in [3.63, 3.8) is 0 Å². The van der Waals surface area contributed by atoms with Crippen molar-refractivity contribution in [1.29, 1.82) is 0 Å². The summed E-state index contributed by atoms with van der Waals surface area (Å²) in [5.41, 5.74) is 5.11. The first-order valence-corrected chi connectivity index (χ1v) is 5.57. The van der Waals surface area contributed by atoms with Gasteiger partial charge in [0.05, 0.1) is 0 Å². The summed E-state index contributed by atoms with van der Waals surface area (Å²) in [5.74, 6) is 0. The molecule has 0 bridgehead atoms. The van der Waals surface area contributed by atoms with E-state index in [2.05, 4.69) is 57.7 Å². The molecule has 0 spiro atoms. The minimum Gasteiger partial charge on any atom is -0.0955 e. The van der Waals surface area contributed by atoms with Crippen LogP contribution in [0.1, 0.15) is 44.7 Å². The zero-order chi connectivity index (χ0) is 11.3. The van der Waals surface area contributed by atoms with Crippen LogP contribution >= 0.6 is 0 Å². The molecular weight excluding hydrogens is 180 g/mol. The number of hydrogen-bond donors (Lipinski definition) is 0. The van der Waals surface area contributed by atoms with Crippen molar-refractivity contribution in [2.75, 3.05) is 0 Å². The van der Waals surface area contributed by atoms with E-state index in [-0.39, 0.29) is 0 Å². The molecule has 0 aliphatic rings. The highest BCUT2D eigenvalue weighted by Gasteiger charge is 1.99. The van der Waals surface area contributed by atoms with Gasteiger partial charge in [0.1, 0.15) is 0 Å². The topological polar surface area (TPSA) is 0 Å². The van der Waals surface area contributed by atoms with E-state index in [0.717, 1.165) is 5.57 Å². The van der Waals surface area contributed by atoms with Gasteiger partial charge in [0, 0.05) is 0 Å². The Hall–Kier alpha value is -1.30. The maximum absolute atomic E-state index is 4.01. The summed E-state index contributed by atoms with van der Waals surface area (Å²) in [6.07, 6.45) is 4.65. The molecule has 15 heavy (non-hydrogen) atoms. The summed E-state index contributed by atoms with van der Waals surface area (Å²) in [6, 6.07) is 8.44.